The standard InChI is InChI=1S/C22H27N3O3/c26-25(27)21-16-18-6-4-7-19(18)17-22(21)28-15-5-10-23-11-13-24(14-12-23)20-8-2-1-3-9-20/h1-3,8-9,16-17H,4-7,10-15H2. The van der Waals surface area contributed by atoms with Gasteiger partial charge in [0, 0.05) is 44.5 Å². The van der Waals surface area contributed by atoms with Crippen molar-refractivity contribution in [2.24, 2.45) is 0 Å². The van der Waals surface area contributed by atoms with Crippen LogP contribution >= 0.6 is 0 Å². The smallest absolute Gasteiger partial charge is 0.311 e. The first-order chi connectivity index (χ1) is 13.7. The molecule has 1 saturated heterocycles. The van der Waals surface area contributed by atoms with Gasteiger partial charge in [0.1, 0.15) is 0 Å². The van der Waals surface area contributed by atoms with E-state index in [0.717, 1.165) is 64.0 Å². The van der Waals surface area contributed by atoms with Gasteiger partial charge < -0.3 is 9.64 Å². The van der Waals surface area contributed by atoms with E-state index in [4.69, 9.17) is 4.74 Å². The summed E-state index contributed by atoms with van der Waals surface area (Å²) in [5.74, 6) is 0.430. The molecule has 1 aliphatic heterocycles. The molecule has 0 aromatic heterocycles. The molecule has 1 fully saturated rings. The molecule has 1 aliphatic carbocycles. The number of benzene rings is 2. The van der Waals surface area contributed by atoms with Crippen molar-refractivity contribution in [3.8, 4) is 5.75 Å². The van der Waals surface area contributed by atoms with Gasteiger partial charge in [-0.15, -0.1) is 0 Å². The average Bonchev–Trinajstić information content (AvgIpc) is 3.19. The predicted molar refractivity (Wildman–Crippen MR) is 110 cm³/mol. The van der Waals surface area contributed by atoms with Crippen molar-refractivity contribution >= 4 is 11.4 Å². The molecule has 0 unspecified atom stereocenters. The Hall–Kier alpha value is -2.60. The van der Waals surface area contributed by atoms with Crippen molar-refractivity contribution in [1.29, 1.82) is 0 Å². The van der Waals surface area contributed by atoms with Gasteiger partial charge in [-0.2, -0.15) is 0 Å². The second kappa shape index (κ2) is 8.61. The molecule has 0 atom stereocenters. The molecule has 2 aromatic rings. The van der Waals surface area contributed by atoms with Crippen molar-refractivity contribution in [2.45, 2.75) is 25.7 Å². The first-order valence-electron chi connectivity index (χ1n) is 10.2. The molecule has 0 radical (unpaired) electrons. The fourth-order valence-electron chi connectivity index (χ4n) is 4.19. The second-order valence-electron chi connectivity index (χ2n) is 7.57. The number of fused-ring (bicyclic) bond motifs is 1. The van der Waals surface area contributed by atoms with E-state index in [0.29, 0.717) is 12.4 Å². The summed E-state index contributed by atoms with van der Waals surface area (Å²) >= 11 is 0. The fraction of sp³-hybridized carbons (Fsp3) is 0.455. The zero-order valence-corrected chi connectivity index (χ0v) is 16.2. The highest BCUT2D eigenvalue weighted by Gasteiger charge is 2.22. The first kappa shape index (κ1) is 18.7. The lowest BCUT2D eigenvalue weighted by Crippen LogP contribution is -2.46. The summed E-state index contributed by atoms with van der Waals surface area (Å²) in [5, 5.41) is 11.4. The van der Waals surface area contributed by atoms with Crippen LogP contribution in [0.1, 0.15) is 24.0 Å². The minimum Gasteiger partial charge on any atom is -0.487 e. The van der Waals surface area contributed by atoms with Gasteiger partial charge in [0.25, 0.3) is 0 Å². The van der Waals surface area contributed by atoms with Gasteiger partial charge in [0.2, 0.25) is 0 Å². The molecule has 2 aliphatic rings. The Morgan fingerprint density at radius 1 is 1.00 bits per heavy atom. The van der Waals surface area contributed by atoms with Crippen LogP contribution in [0, 0.1) is 10.1 Å². The maximum atomic E-state index is 11.4. The zero-order valence-electron chi connectivity index (χ0n) is 16.2. The molecule has 0 saturated carbocycles. The summed E-state index contributed by atoms with van der Waals surface area (Å²) in [4.78, 5) is 15.9. The van der Waals surface area contributed by atoms with Crippen molar-refractivity contribution in [1.82, 2.24) is 4.90 Å². The molecule has 0 bridgehead atoms. The lowest BCUT2D eigenvalue weighted by molar-refractivity contribution is -0.385. The number of hydrogen-bond donors (Lipinski definition) is 0. The Kier molecular flexibility index (Phi) is 5.76. The van der Waals surface area contributed by atoms with E-state index in [-0.39, 0.29) is 10.6 Å². The summed E-state index contributed by atoms with van der Waals surface area (Å²) in [6.07, 6.45) is 3.88. The van der Waals surface area contributed by atoms with Gasteiger partial charge in [-0.05, 0) is 55.0 Å². The highest BCUT2D eigenvalue weighted by atomic mass is 16.6. The maximum Gasteiger partial charge on any atom is 0.311 e. The summed E-state index contributed by atoms with van der Waals surface area (Å²) in [7, 11) is 0. The van der Waals surface area contributed by atoms with Crippen molar-refractivity contribution in [3.05, 3.63) is 63.7 Å². The number of rotatable bonds is 7. The molecule has 0 spiro atoms. The van der Waals surface area contributed by atoms with Crippen molar-refractivity contribution < 1.29 is 9.66 Å². The third-order valence-corrected chi connectivity index (χ3v) is 5.74. The Labute approximate surface area is 165 Å². The molecule has 6 heteroatoms. The minimum absolute atomic E-state index is 0.108. The van der Waals surface area contributed by atoms with Crippen LogP contribution in [-0.2, 0) is 12.8 Å². The van der Waals surface area contributed by atoms with Crippen LogP contribution in [0.3, 0.4) is 0 Å². The third kappa shape index (κ3) is 4.28. The van der Waals surface area contributed by atoms with Gasteiger partial charge in [0.15, 0.2) is 5.75 Å². The summed E-state index contributed by atoms with van der Waals surface area (Å²) < 4.78 is 5.83. The zero-order chi connectivity index (χ0) is 19.3. The molecular formula is C22H27N3O3. The quantitative estimate of drug-likeness (QED) is 0.416. The molecule has 4 rings (SSSR count). The largest absolute Gasteiger partial charge is 0.487 e. The van der Waals surface area contributed by atoms with Gasteiger partial charge in [0.05, 0.1) is 11.5 Å². The van der Waals surface area contributed by atoms with Gasteiger partial charge in [-0.1, -0.05) is 18.2 Å². The maximum absolute atomic E-state index is 11.4. The SMILES string of the molecule is O=[N+]([O-])c1cc2c(cc1OCCCN1CCN(c3ccccc3)CC1)CCC2. The van der Waals surface area contributed by atoms with E-state index in [1.165, 1.54) is 11.3 Å². The normalized spacial score (nSPS) is 16.8. The van der Waals surface area contributed by atoms with E-state index in [9.17, 15) is 10.1 Å². The van der Waals surface area contributed by atoms with Crippen LogP contribution in [0.5, 0.6) is 5.75 Å². The first-order valence-corrected chi connectivity index (χ1v) is 10.2. The van der Waals surface area contributed by atoms with Crippen LogP contribution in [0.25, 0.3) is 0 Å². The lowest BCUT2D eigenvalue weighted by atomic mass is 10.1. The van der Waals surface area contributed by atoms with E-state index in [1.54, 1.807) is 6.07 Å². The lowest BCUT2D eigenvalue weighted by Gasteiger charge is -2.36. The van der Waals surface area contributed by atoms with Crippen LogP contribution in [0.4, 0.5) is 11.4 Å². The summed E-state index contributed by atoms with van der Waals surface area (Å²) in [6, 6.07) is 14.1. The fourth-order valence-corrected chi connectivity index (χ4v) is 4.19. The number of para-hydroxylation sites is 1. The number of anilines is 1. The molecule has 2 aromatic carbocycles. The van der Waals surface area contributed by atoms with Crippen LogP contribution in [0.2, 0.25) is 0 Å². The second-order valence-corrected chi connectivity index (χ2v) is 7.57. The predicted octanol–water partition coefficient (Wildman–Crippen LogP) is 3.67. The number of hydrogen-bond acceptors (Lipinski definition) is 5. The van der Waals surface area contributed by atoms with E-state index >= 15 is 0 Å². The Bertz CT molecular complexity index is 817. The number of ether oxygens (including phenoxy) is 1. The van der Waals surface area contributed by atoms with Gasteiger partial charge in [-0.3, -0.25) is 15.0 Å². The van der Waals surface area contributed by atoms with E-state index < -0.39 is 0 Å². The number of nitro groups is 1. The average molecular weight is 381 g/mol. The van der Waals surface area contributed by atoms with Crippen molar-refractivity contribution in [2.75, 3.05) is 44.2 Å². The molecule has 148 valence electrons. The van der Waals surface area contributed by atoms with E-state index in [2.05, 4.69) is 34.1 Å². The Morgan fingerprint density at radius 2 is 1.71 bits per heavy atom. The molecule has 6 nitrogen and oxygen atoms in total. The number of aryl methyl sites for hydroxylation is 2. The van der Waals surface area contributed by atoms with Gasteiger partial charge in [-0.25, -0.2) is 0 Å². The molecule has 28 heavy (non-hydrogen) atoms. The summed E-state index contributed by atoms with van der Waals surface area (Å²) in [6.45, 7) is 5.60. The highest BCUT2D eigenvalue weighted by molar-refractivity contribution is 5.53. The topological polar surface area (TPSA) is 58.9 Å². The summed E-state index contributed by atoms with van der Waals surface area (Å²) in [5.41, 5.74) is 3.71. The highest BCUT2D eigenvalue weighted by Crippen LogP contribution is 2.34. The monoisotopic (exact) mass is 381 g/mol. The van der Waals surface area contributed by atoms with Crippen LogP contribution < -0.4 is 9.64 Å². The number of nitro benzene ring substituents is 1. The van der Waals surface area contributed by atoms with Crippen LogP contribution in [-0.4, -0.2) is 49.2 Å². The van der Waals surface area contributed by atoms with E-state index in [1.807, 2.05) is 12.1 Å². The van der Waals surface area contributed by atoms with Crippen LogP contribution in [0.15, 0.2) is 42.5 Å². The van der Waals surface area contributed by atoms with Gasteiger partial charge >= 0.3 is 5.69 Å². The molecule has 0 amide bonds. The number of nitrogens with zero attached hydrogens (tertiary/aromatic N) is 3. The molecular weight excluding hydrogens is 354 g/mol. The Balaban J connectivity index is 1.24. The number of piperazine rings is 1. The third-order valence-electron chi connectivity index (χ3n) is 5.74. The molecule has 0 N–H and O–H groups in total. The molecule has 1 heterocycles. The minimum atomic E-state index is -0.323. The Morgan fingerprint density at radius 3 is 2.43 bits per heavy atom. The van der Waals surface area contributed by atoms with Crippen molar-refractivity contribution in [3.63, 3.8) is 0 Å².